The molecule has 0 saturated carbocycles. The van der Waals surface area contributed by atoms with Crippen LogP contribution in [0.3, 0.4) is 0 Å². The number of hydrogen-bond donors (Lipinski definition) is 2. The minimum absolute atomic E-state index is 0. The number of halogens is 2. The summed E-state index contributed by atoms with van der Waals surface area (Å²) in [6.07, 6.45) is 0. The van der Waals surface area contributed by atoms with Gasteiger partial charge in [-0.05, 0) is 31.2 Å². The van der Waals surface area contributed by atoms with Gasteiger partial charge in [0.25, 0.3) is 0 Å². The number of rotatable bonds is 7. The Morgan fingerprint density at radius 3 is 2.55 bits per heavy atom. The summed E-state index contributed by atoms with van der Waals surface area (Å²) in [6, 6.07) is 6.52. The van der Waals surface area contributed by atoms with Crippen LogP contribution in [-0.2, 0) is 14.6 Å². The van der Waals surface area contributed by atoms with Crippen molar-refractivity contribution in [2.45, 2.75) is 17.9 Å². The Bertz CT molecular complexity index is 579. The first-order chi connectivity index (χ1) is 9.85. The Morgan fingerprint density at radius 1 is 1.41 bits per heavy atom. The highest BCUT2D eigenvalue weighted by molar-refractivity contribution is 14.0. The van der Waals surface area contributed by atoms with E-state index in [1.807, 2.05) is 6.92 Å². The summed E-state index contributed by atoms with van der Waals surface area (Å²) in [4.78, 5) is 4.29. The summed E-state index contributed by atoms with van der Waals surface area (Å²) < 4.78 is 30.0. The highest BCUT2D eigenvalue weighted by Gasteiger charge is 2.13. The molecule has 126 valence electrons. The van der Waals surface area contributed by atoms with E-state index < -0.39 is 9.84 Å². The number of nitrogens with zero attached hydrogens (tertiary/aromatic N) is 1. The molecule has 0 bridgehead atoms. The second-order valence-electron chi connectivity index (χ2n) is 4.54. The Balaban J connectivity index is 0.00000441. The molecule has 0 aliphatic rings. The third kappa shape index (κ3) is 7.75. The topological polar surface area (TPSA) is 93.8 Å². The van der Waals surface area contributed by atoms with Gasteiger partial charge in [-0.3, -0.25) is 4.99 Å². The molecule has 1 atom stereocenters. The fourth-order valence-corrected chi connectivity index (χ4v) is 3.02. The molecule has 0 aliphatic heterocycles. The van der Waals surface area contributed by atoms with Crippen LogP contribution in [0.25, 0.3) is 0 Å². The van der Waals surface area contributed by atoms with Gasteiger partial charge in [-0.15, -0.1) is 24.0 Å². The number of sulfone groups is 1. The molecule has 1 unspecified atom stereocenters. The standard InChI is InChI=1S/C13H20BrN3O3S.HI/c1-10(9-20-2)17-13(15)16-7-8-21(18,19)12-5-3-11(14)4-6-12;/h3-6,10H,7-9H2,1-2H3,(H3,15,16,17);1H. The predicted molar refractivity (Wildman–Crippen MR) is 103 cm³/mol. The van der Waals surface area contributed by atoms with Gasteiger partial charge in [-0.25, -0.2) is 8.42 Å². The van der Waals surface area contributed by atoms with Crippen LogP contribution in [0.4, 0.5) is 0 Å². The first-order valence-corrected chi connectivity index (χ1v) is 8.83. The minimum Gasteiger partial charge on any atom is -0.383 e. The van der Waals surface area contributed by atoms with Crippen LogP contribution in [0.15, 0.2) is 38.6 Å². The summed E-state index contributed by atoms with van der Waals surface area (Å²) >= 11 is 3.27. The van der Waals surface area contributed by atoms with Crippen LogP contribution in [-0.4, -0.2) is 46.4 Å². The fraction of sp³-hybridized carbons (Fsp3) is 0.462. The van der Waals surface area contributed by atoms with Crippen LogP contribution in [0.5, 0.6) is 0 Å². The molecule has 22 heavy (non-hydrogen) atoms. The molecule has 6 nitrogen and oxygen atoms in total. The van der Waals surface area contributed by atoms with Crippen molar-refractivity contribution in [3.63, 3.8) is 0 Å². The van der Waals surface area contributed by atoms with Gasteiger partial charge in [0.15, 0.2) is 15.8 Å². The number of nitrogens with one attached hydrogen (secondary N) is 1. The number of methoxy groups -OCH3 is 1. The average Bonchev–Trinajstić information content (AvgIpc) is 2.39. The zero-order valence-electron chi connectivity index (χ0n) is 12.5. The third-order valence-corrected chi connectivity index (χ3v) is 4.86. The quantitative estimate of drug-likeness (QED) is 0.334. The summed E-state index contributed by atoms with van der Waals surface area (Å²) in [5, 5.41) is 2.92. The van der Waals surface area contributed by atoms with Crippen molar-refractivity contribution in [3.8, 4) is 0 Å². The highest BCUT2D eigenvalue weighted by atomic mass is 127. The predicted octanol–water partition coefficient (Wildman–Crippen LogP) is 1.78. The van der Waals surface area contributed by atoms with Gasteiger partial charge in [-0.1, -0.05) is 15.9 Å². The Kier molecular flexibility index (Phi) is 10.2. The van der Waals surface area contributed by atoms with Gasteiger partial charge < -0.3 is 15.8 Å². The molecule has 0 fully saturated rings. The molecule has 0 amide bonds. The number of benzene rings is 1. The summed E-state index contributed by atoms with van der Waals surface area (Å²) in [5.41, 5.74) is 5.68. The molecule has 1 aromatic rings. The van der Waals surface area contributed by atoms with E-state index in [1.54, 1.807) is 31.4 Å². The summed E-state index contributed by atoms with van der Waals surface area (Å²) in [5.74, 6) is 0.126. The zero-order valence-corrected chi connectivity index (χ0v) is 17.2. The van der Waals surface area contributed by atoms with Gasteiger partial charge >= 0.3 is 0 Å². The van der Waals surface area contributed by atoms with Crippen LogP contribution >= 0.6 is 39.9 Å². The molecule has 0 saturated heterocycles. The van der Waals surface area contributed by atoms with Crippen molar-refractivity contribution in [2.24, 2.45) is 10.7 Å². The molecule has 1 rings (SSSR count). The van der Waals surface area contributed by atoms with Gasteiger partial charge in [0.1, 0.15) is 0 Å². The Morgan fingerprint density at radius 2 is 2.00 bits per heavy atom. The average molecular weight is 506 g/mol. The molecule has 0 spiro atoms. The van der Waals surface area contributed by atoms with Crippen molar-refractivity contribution in [1.82, 2.24) is 5.32 Å². The fourth-order valence-electron chi connectivity index (χ4n) is 1.64. The first-order valence-electron chi connectivity index (χ1n) is 6.39. The lowest BCUT2D eigenvalue weighted by Crippen LogP contribution is -2.40. The van der Waals surface area contributed by atoms with Gasteiger partial charge in [0.05, 0.1) is 23.8 Å². The summed E-state index contributed by atoms with van der Waals surface area (Å²) in [6.45, 7) is 2.49. The maximum atomic E-state index is 12.1. The van der Waals surface area contributed by atoms with E-state index >= 15 is 0 Å². The van der Waals surface area contributed by atoms with Gasteiger partial charge in [0.2, 0.25) is 0 Å². The maximum Gasteiger partial charge on any atom is 0.188 e. The molecule has 9 heteroatoms. The SMILES string of the molecule is COCC(C)NC(N)=NCCS(=O)(=O)c1ccc(Br)cc1.I. The number of ether oxygens (including phenoxy) is 1. The lowest BCUT2D eigenvalue weighted by atomic mass is 10.4. The molecule has 3 N–H and O–H groups in total. The largest absolute Gasteiger partial charge is 0.383 e. The zero-order chi connectivity index (χ0) is 15.9. The van der Waals surface area contributed by atoms with E-state index in [1.165, 1.54) is 0 Å². The lowest BCUT2D eigenvalue weighted by Gasteiger charge is -2.13. The first kappa shape index (κ1) is 21.6. The number of nitrogens with two attached hydrogens (primary N) is 1. The maximum absolute atomic E-state index is 12.1. The lowest BCUT2D eigenvalue weighted by molar-refractivity contribution is 0.179. The Hall–Kier alpha value is -0.390. The number of hydrogen-bond acceptors (Lipinski definition) is 4. The van der Waals surface area contributed by atoms with Gasteiger partial charge in [0, 0.05) is 17.6 Å². The van der Waals surface area contributed by atoms with E-state index in [2.05, 4.69) is 26.2 Å². The number of aliphatic imine (C=N–C) groups is 1. The van der Waals surface area contributed by atoms with Crippen LogP contribution in [0.1, 0.15) is 6.92 Å². The highest BCUT2D eigenvalue weighted by Crippen LogP contribution is 2.15. The molecule has 0 radical (unpaired) electrons. The van der Waals surface area contributed by atoms with Crippen LogP contribution < -0.4 is 11.1 Å². The van der Waals surface area contributed by atoms with Crippen molar-refractivity contribution in [1.29, 1.82) is 0 Å². The molecular formula is C13H21BrIN3O3S. The normalized spacial score (nSPS) is 13.3. The smallest absolute Gasteiger partial charge is 0.188 e. The van der Waals surface area contributed by atoms with Crippen molar-refractivity contribution >= 4 is 55.7 Å². The second-order valence-corrected chi connectivity index (χ2v) is 7.57. The van der Waals surface area contributed by atoms with Crippen molar-refractivity contribution in [2.75, 3.05) is 26.0 Å². The van der Waals surface area contributed by atoms with E-state index in [0.717, 1.165) is 4.47 Å². The molecule has 1 aromatic carbocycles. The second kappa shape index (κ2) is 10.4. The Labute approximate surface area is 157 Å². The third-order valence-electron chi connectivity index (χ3n) is 2.63. The summed E-state index contributed by atoms with van der Waals surface area (Å²) in [7, 11) is -1.75. The monoisotopic (exact) mass is 505 g/mol. The minimum atomic E-state index is -3.35. The van der Waals surface area contributed by atoms with Gasteiger partial charge in [-0.2, -0.15) is 0 Å². The van der Waals surface area contributed by atoms with Crippen molar-refractivity contribution in [3.05, 3.63) is 28.7 Å². The molecule has 0 heterocycles. The molecular weight excluding hydrogens is 485 g/mol. The molecule has 0 aliphatic carbocycles. The van der Waals surface area contributed by atoms with E-state index in [0.29, 0.717) is 6.61 Å². The van der Waals surface area contributed by atoms with Crippen LogP contribution in [0, 0.1) is 0 Å². The molecule has 0 aromatic heterocycles. The van der Waals surface area contributed by atoms with E-state index in [9.17, 15) is 8.42 Å². The van der Waals surface area contributed by atoms with Crippen molar-refractivity contribution < 1.29 is 13.2 Å². The number of guanidine groups is 1. The van der Waals surface area contributed by atoms with Crippen LogP contribution in [0.2, 0.25) is 0 Å². The van der Waals surface area contributed by atoms with E-state index in [4.69, 9.17) is 10.5 Å². The van der Waals surface area contributed by atoms with E-state index in [-0.39, 0.29) is 53.2 Å².